The fourth-order valence-electron chi connectivity index (χ4n) is 1.70. The first-order valence-corrected chi connectivity index (χ1v) is 5.94. The zero-order valence-electron chi connectivity index (χ0n) is 10.5. The molecular formula is C13H22N2O. The molecule has 0 spiro atoms. The SMILES string of the molecule is CCC(CC)(CO)CNc1cccc(C)n1. The van der Waals surface area contributed by atoms with E-state index in [4.69, 9.17) is 0 Å². The lowest BCUT2D eigenvalue weighted by atomic mass is 9.83. The Balaban J connectivity index is 2.62. The predicted octanol–water partition coefficient (Wildman–Crippen LogP) is 2.60. The average molecular weight is 222 g/mol. The molecule has 1 aromatic heterocycles. The van der Waals surface area contributed by atoms with Crippen LogP contribution in [0.2, 0.25) is 0 Å². The molecule has 0 aliphatic carbocycles. The summed E-state index contributed by atoms with van der Waals surface area (Å²) in [5, 5.41) is 12.8. The van der Waals surface area contributed by atoms with Gasteiger partial charge in [0.15, 0.2) is 0 Å². The second-order valence-corrected chi connectivity index (χ2v) is 4.38. The molecule has 0 radical (unpaired) electrons. The number of hydrogen-bond donors (Lipinski definition) is 2. The van der Waals surface area contributed by atoms with Crippen LogP contribution >= 0.6 is 0 Å². The molecule has 0 atom stereocenters. The number of aliphatic hydroxyl groups excluding tert-OH is 1. The predicted molar refractivity (Wildman–Crippen MR) is 67.6 cm³/mol. The third-order valence-electron chi connectivity index (χ3n) is 3.37. The molecular weight excluding hydrogens is 200 g/mol. The van der Waals surface area contributed by atoms with Crippen LogP contribution in [-0.4, -0.2) is 23.2 Å². The highest BCUT2D eigenvalue weighted by Gasteiger charge is 2.24. The van der Waals surface area contributed by atoms with Crippen molar-refractivity contribution in [3.63, 3.8) is 0 Å². The molecule has 0 aliphatic heterocycles. The van der Waals surface area contributed by atoms with E-state index in [-0.39, 0.29) is 12.0 Å². The Morgan fingerprint density at radius 3 is 2.50 bits per heavy atom. The lowest BCUT2D eigenvalue weighted by molar-refractivity contribution is 0.127. The van der Waals surface area contributed by atoms with Crippen LogP contribution in [0, 0.1) is 12.3 Å². The topological polar surface area (TPSA) is 45.1 Å². The maximum atomic E-state index is 9.45. The van der Waals surface area contributed by atoms with E-state index < -0.39 is 0 Å². The normalized spacial score (nSPS) is 11.5. The van der Waals surface area contributed by atoms with E-state index in [1.54, 1.807) is 0 Å². The molecule has 1 heterocycles. The average Bonchev–Trinajstić information content (AvgIpc) is 2.32. The minimum atomic E-state index is -0.0224. The van der Waals surface area contributed by atoms with Crippen molar-refractivity contribution in [3.8, 4) is 0 Å². The summed E-state index contributed by atoms with van der Waals surface area (Å²) < 4.78 is 0. The molecule has 0 fully saturated rings. The van der Waals surface area contributed by atoms with Crippen LogP contribution in [0.4, 0.5) is 5.82 Å². The Labute approximate surface area is 97.9 Å². The van der Waals surface area contributed by atoms with Crippen LogP contribution in [0.5, 0.6) is 0 Å². The lowest BCUT2D eigenvalue weighted by Gasteiger charge is -2.29. The molecule has 0 unspecified atom stereocenters. The Hall–Kier alpha value is -1.09. The Morgan fingerprint density at radius 1 is 1.31 bits per heavy atom. The van der Waals surface area contributed by atoms with E-state index in [1.165, 1.54) is 0 Å². The first-order chi connectivity index (χ1) is 7.65. The van der Waals surface area contributed by atoms with Crippen LogP contribution in [0.15, 0.2) is 18.2 Å². The fourth-order valence-corrected chi connectivity index (χ4v) is 1.70. The number of nitrogens with one attached hydrogen (secondary N) is 1. The minimum absolute atomic E-state index is 0.0224. The van der Waals surface area contributed by atoms with E-state index in [9.17, 15) is 5.11 Å². The first-order valence-electron chi connectivity index (χ1n) is 5.94. The van der Waals surface area contributed by atoms with Crippen molar-refractivity contribution in [2.45, 2.75) is 33.6 Å². The van der Waals surface area contributed by atoms with Gasteiger partial charge in [-0.2, -0.15) is 0 Å². The summed E-state index contributed by atoms with van der Waals surface area (Å²) in [7, 11) is 0. The standard InChI is InChI=1S/C13H22N2O/c1-4-13(5-2,10-16)9-14-12-8-6-7-11(3)15-12/h6-8,16H,4-5,9-10H2,1-3H3,(H,14,15). The molecule has 3 nitrogen and oxygen atoms in total. The molecule has 3 heteroatoms. The maximum absolute atomic E-state index is 9.45. The number of aryl methyl sites for hydroxylation is 1. The van der Waals surface area contributed by atoms with Crippen molar-refractivity contribution in [3.05, 3.63) is 23.9 Å². The van der Waals surface area contributed by atoms with Gasteiger partial charge in [0.05, 0.1) is 6.61 Å². The number of nitrogens with zero attached hydrogens (tertiary/aromatic N) is 1. The Bertz CT molecular complexity index is 313. The largest absolute Gasteiger partial charge is 0.396 e. The second-order valence-electron chi connectivity index (χ2n) is 4.38. The van der Waals surface area contributed by atoms with Gasteiger partial charge >= 0.3 is 0 Å². The first kappa shape index (κ1) is 13.0. The monoisotopic (exact) mass is 222 g/mol. The smallest absolute Gasteiger partial charge is 0.126 e. The molecule has 0 aliphatic rings. The number of pyridine rings is 1. The van der Waals surface area contributed by atoms with Crippen molar-refractivity contribution in [2.24, 2.45) is 5.41 Å². The van der Waals surface area contributed by atoms with Crippen molar-refractivity contribution in [1.29, 1.82) is 0 Å². The van der Waals surface area contributed by atoms with Gasteiger partial charge in [-0.05, 0) is 31.9 Å². The van der Waals surface area contributed by atoms with Crippen molar-refractivity contribution < 1.29 is 5.11 Å². The van der Waals surface area contributed by atoms with Gasteiger partial charge in [-0.1, -0.05) is 19.9 Å². The summed E-state index contributed by atoms with van der Waals surface area (Å²) >= 11 is 0. The summed E-state index contributed by atoms with van der Waals surface area (Å²) in [5.41, 5.74) is 0.985. The molecule has 0 saturated carbocycles. The molecule has 0 saturated heterocycles. The van der Waals surface area contributed by atoms with Crippen LogP contribution in [0.3, 0.4) is 0 Å². The number of aliphatic hydroxyl groups is 1. The maximum Gasteiger partial charge on any atom is 0.126 e. The van der Waals surface area contributed by atoms with Gasteiger partial charge in [0.25, 0.3) is 0 Å². The van der Waals surface area contributed by atoms with E-state index >= 15 is 0 Å². The number of aromatic nitrogens is 1. The molecule has 2 N–H and O–H groups in total. The lowest BCUT2D eigenvalue weighted by Crippen LogP contribution is -2.32. The van der Waals surface area contributed by atoms with Crippen LogP contribution < -0.4 is 5.32 Å². The van der Waals surface area contributed by atoms with E-state index in [2.05, 4.69) is 24.1 Å². The van der Waals surface area contributed by atoms with Crippen LogP contribution in [0.1, 0.15) is 32.4 Å². The Morgan fingerprint density at radius 2 is 2.00 bits per heavy atom. The van der Waals surface area contributed by atoms with Crippen molar-refractivity contribution in [2.75, 3.05) is 18.5 Å². The van der Waals surface area contributed by atoms with Gasteiger partial charge in [0, 0.05) is 17.7 Å². The minimum Gasteiger partial charge on any atom is -0.396 e. The summed E-state index contributed by atoms with van der Waals surface area (Å²) in [6.45, 7) is 7.20. The van der Waals surface area contributed by atoms with Gasteiger partial charge in [0.2, 0.25) is 0 Å². The second kappa shape index (κ2) is 5.85. The summed E-state index contributed by atoms with van der Waals surface area (Å²) in [5.74, 6) is 0.889. The van der Waals surface area contributed by atoms with Gasteiger partial charge in [-0.15, -0.1) is 0 Å². The molecule has 0 aromatic carbocycles. The quantitative estimate of drug-likeness (QED) is 0.777. The molecule has 90 valence electrons. The van der Waals surface area contributed by atoms with E-state index in [1.807, 2.05) is 25.1 Å². The molecule has 1 aromatic rings. The number of hydrogen-bond acceptors (Lipinski definition) is 3. The summed E-state index contributed by atoms with van der Waals surface area (Å²) in [4.78, 5) is 4.39. The Kier molecular flexibility index (Phi) is 4.74. The van der Waals surface area contributed by atoms with Gasteiger partial charge in [-0.3, -0.25) is 0 Å². The zero-order valence-corrected chi connectivity index (χ0v) is 10.5. The number of rotatable bonds is 6. The summed E-state index contributed by atoms with van der Waals surface area (Å²) in [6, 6.07) is 5.92. The highest BCUT2D eigenvalue weighted by molar-refractivity contribution is 5.35. The molecule has 16 heavy (non-hydrogen) atoms. The fraction of sp³-hybridized carbons (Fsp3) is 0.615. The zero-order chi connectivity index (χ0) is 12.0. The number of anilines is 1. The van der Waals surface area contributed by atoms with E-state index in [0.717, 1.165) is 30.9 Å². The third kappa shape index (κ3) is 3.20. The molecule has 1 rings (SSSR count). The third-order valence-corrected chi connectivity index (χ3v) is 3.37. The van der Waals surface area contributed by atoms with Gasteiger partial charge < -0.3 is 10.4 Å². The molecule has 0 amide bonds. The van der Waals surface area contributed by atoms with Crippen LogP contribution in [-0.2, 0) is 0 Å². The highest BCUT2D eigenvalue weighted by Crippen LogP contribution is 2.25. The van der Waals surface area contributed by atoms with Crippen molar-refractivity contribution >= 4 is 5.82 Å². The van der Waals surface area contributed by atoms with Crippen LogP contribution in [0.25, 0.3) is 0 Å². The summed E-state index contributed by atoms with van der Waals surface area (Å²) in [6.07, 6.45) is 1.94. The van der Waals surface area contributed by atoms with E-state index in [0.29, 0.717) is 0 Å². The highest BCUT2D eigenvalue weighted by atomic mass is 16.3. The van der Waals surface area contributed by atoms with Crippen molar-refractivity contribution in [1.82, 2.24) is 4.98 Å². The van der Waals surface area contributed by atoms with Gasteiger partial charge in [0.1, 0.15) is 5.82 Å². The molecule has 0 bridgehead atoms. The van der Waals surface area contributed by atoms with Gasteiger partial charge in [-0.25, -0.2) is 4.98 Å².